The van der Waals surface area contributed by atoms with Crippen molar-refractivity contribution < 1.29 is 9.90 Å². The first-order valence-electron chi connectivity index (χ1n) is 4.53. The number of allylic oxidation sites excluding steroid dienone is 1. The second kappa shape index (κ2) is 5.81. The molecule has 0 amide bonds. The molecule has 0 aromatic rings. The lowest BCUT2D eigenvalue weighted by molar-refractivity contribution is -0.299. The van der Waals surface area contributed by atoms with Crippen LogP contribution in [-0.2, 0) is 4.79 Å². The summed E-state index contributed by atoms with van der Waals surface area (Å²) < 4.78 is 0. The highest BCUT2D eigenvalue weighted by Gasteiger charge is 2.01. The third kappa shape index (κ3) is 3.56. The number of carboxylic acids is 1. The first-order valence-corrected chi connectivity index (χ1v) is 4.53. The number of rotatable bonds is 5. The van der Waals surface area contributed by atoms with Crippen molar-refractivity contribution in [3.63, 3.8) is 0 Å². The van der Waals surface area contributed by atoms with Crippen LogP contribution in [0.25, 0.3) is 0 Å². The molecule has 0 unspecified atom stereocenters. The molecule has 0 spiro atoms. The third-order valence-corrected chi connectivity index (χ3v) is 1.94. The number of hydrogen-bond acceptors (Lipinski definition) is 2. The van der Waals surface area contributed by atoms with Crippen molar-refractivity contribution in [1.29, 1.82) is 0 Å². The van der Waals surface area contributed by atoms with E-state index >= 15 is 0 Å². The van der Waals surface area contributed by atoms with Gasteiger partial charge in [-0.1, -0.05) is 32.3 Å². The van der Waals surface area contributed by atoms with Crippen LogP contribution in [0.15, 0.2) is 11.1 Å². The molecular weight excluding hydrogens is 152 g/mol. The van der Waals surface area contributed by atoms with Gasteiger partial charge in [-0.2, -0.15) is 0 Å². The average molecular weight is 169 g/mol. The predicted octanol–water partition coefficient (Wildman–Crippen LogP) is 1.65. The van der Waals surface area contributed by atoms with E-state index in [4.69, 9.17) is 0 Å². The van der Waals surface area contributed by atoms with Gasteiger partial charge in [-0.25, -0.2) is 0 Å². The minimum absolute atomic E-state index is 0.429. The highest BCUT2D eigenvalue weighted by molar-refractivity contribution is 5.84. The SMILES string of the molecule is CCCC(CCC)=C(C)C(=O)[O-]. The molecule has 0 aromatic heterocycles. The molecule has 0 atom stereocenters. The van der Waals surface area contributed by atoms with Crippen LogP contribution in [0.4, 0.5) is 0 Å². The monoisotopic (exact) mass is 169 g/mol. The first kappa shape index (κ1) is 11.2. The van der Waals surface area contributed by atoms with E-state index in [2.05, 4.69) is 13.8 Å². The second-order valence-corrected chi connectivity index (χ2v) is 3.02. The molecule has 0 aliphatic carbocycles. The normalized spacial score (nSPS) is 9.58. The highest BCUT2D eigenvalue weighted by atomic mass is 16.4. The molecule has 2 heteroatoms. The van der Waals surface area contributed by atoms with E-state index in [1.165, 1.54) is 0 Å². The molecule has 0 saturated heterocycles. The van der Waals surface area contributed by atoms with E-state index in [1.54, 1.807) is 6.92 Å². The third-order valence-electron chi connectivity index (χ3n) is 1.94. The van der Waals surface area contributed by atoms with E-state index in [-0.39, 0.29) is 0 Å². The zero-order chi connectivity index (χ0) is 9.56. The number of hydrogen-bond donors (Lipinski definition) is 0. The largest absolute Gasteiger partial charge is 0.545 e. The van der Waals surface area contributed by atoms with Crippen LogP contribution in [-0.4, -0.2) is 5.97 Å². The van der Waals surface area contributed by atoms with Gasteiger partial charge < -0.3 is 9.90 Å². The Kier molecular flexibility index (Phi) is 5.43. The van der Waals surface area contributed by atoms with Gasteiger partial charge in [0, 0.05) is 0 Å². The molecule has 0 aromatic carbocycles. The summed E-state index contributed by atoms with van der Waals surface area (Å²) in [7, 11) is 0. The smallest absolute Gasteiger partial charge is 0.0671 e. The van der Waals surface area contributed by atoms with Gasteiger partial charge in [0.05, 0.1) is 5.97 Å². The Morgan fingerprint density at radius 2 is 1.58 bits per heavy atom. The molecule has 0 bridgehead atoms. The van der Waals surface area contributed by atoms with Crippen LogP contribution in [0.1, 0.15) is 46.5 Å². The van der Waals surface area contributed by atoms with Gasteiger partial charge >= 0.3 is 0 Å². The first-order chi connectivity index (χ1) is 5.63. The van der Waals surface area contributed by atoms with Gasteiger partial charge in [0.2, 0.25) is 0 Å². The fourth-order valence-electron chi connectivity index (χ4n) is 1.25. The Labute approximate surface area is 74.3 Å². The summed E-state index contributed by atoms with van der Waals surface area (Å²) >= 11 is 0. The van der Waals surface area contributed by atoms with Crippen LogP contribution in [0, 0.1) is 0 Å². The molecule has 70 valence electrons. The van der Waals surface area contributed by atoms with Crippen LogP contribution < -0.4 is 5.11 Å². The Morgan fingerprint density at radius 3 is 1.83 bits per heavy atom. The highest BCUT2D eigenvalue weighted by Crippen LogP contribution is 2.16. The Hall–Kier alpha value is -0.790. The topological polar surface area (TPSA) is 40.1 Å². The molecule has 0 saturated carbocycles. The summed E-state index contributed by atoms with van der Waals surface area (Å²) in [6.45, 7) is 5.74. The van der Waals surface area contributed by atoms with Gasteiger partial charge in [0.15, 0.2) is 0 Å². The van der Waals surface area contributed by atoms with Gasteiger partial charge in [0.1, 0.15) is 0 Å². The number of aliphatic carboxylic acids is 1. The Morgan fingerprint density at radius 1 is 1.17 bits per heavy atom. The van der Waals surface area contributed by atoms with Crippen molar-refractivity contribution >= 4 is 5.97 Å². The molecule has 0 N–H and O–H groups in total. The van der Waals surface area contributed by atoms with Crippen molar-refractivity contribution in [1.82, 2.24) is 0 Å². The average Bonchev–Trinajstić information content (AvgIpc) is 2.03. The van der Waals surface area contributed by atoms with Gasteiger partial charge in [-0.05, 0) is 25.3 Å². The molecular formula is C10H17O2-. The van der Waals surface area contributed by atoms with Crippen molar-refractivity contribution in [2.24, 2.45) is 0 Å². The van der Waals surface area contributed by atoms with E-state index in [1.807, 2.05) is 0 Å². The Bertz CT molecular complexity index is 172. The fraction of sp³-hybridized carbons (Fsp3) is 0.700. The van der Waals surface area contributed by atoms with Crippen molar-refractivity contribution in [2.45, 2.75) is 46.5 Å². The number of carboxylic acid groups (broad SMARTS) is 1. The summed E-state index contributed by atoms with van der Waals surface area (Å²) in [6.07, 6.45) is 3.77. The lowest BCUT2D eigenvalue weighted by Crippen LogP contribution is -2.24. The zero-order valence-corrected chi connectivity index (χ0v) is 8.14. The van der Waals surface area contributed by atoms with Crippen LogP contribution in [0.3, 0.4) is 0 Å². The molecule has 0 fully saturated rings. The fourth-order valence-corrected chi connectivity index (χ4v) is 1.25. The molecule has 0 aliphatic rings. The standard InChI is InChI=1S/C10H18O2/c1-4-6-9(7-5-2)8(3)10(11)12/h4-7H2,1-3H3,(H,11,12)/p-1. The van der Waals surface area contributed by atoms with Crippen LogP contribution in [0.5, 0.6) is 0 Å². The van der Waals surface area contributed by atoms with Crippen LogP contribution >= 0.6 is 0 Å². The van der Waals surface area contributed by atoms with E-state index in [0.29, 0.717) is 5.57 Å². The molecule has 12 heavy (non-hydrogen) atoms. The second-order valence-electron chi connectivity index (χ2n) is 3.02. The van der Waals surface area contributed by atoms with Crippen LogP contribution in [0.2, 0.25) is 0 Å². The van der Waals surface area contributed by atoms with Crippen molar-refractivity contribution in [2.75, 3.05) is 0 Å². The van der Waals surface area contributed by atoms with Crippen molar-refractivity contribution in [3.05, 3.63) is 11.1 Å². The maximum atomic E-state index is 10.5. The molecule has 0 aliphatic heterocycles. The molecule has 2 nitrogen and oxygen atoms in total. The maximum Gasteiger partial charge on any atom is 0.0671 e. The summed E-state index contributed by atoms with van der Waals surface area (Å²) in [5.41, 5.74) is 1.47. The van der Waals surface area contributed by atoms with Gasteiger partial charge in [-0.3, -0.25) is 0 Å². The zero-order valence-electron chi connectivity index (χ0n) is 8.14. The lowest BCUT2D eigenvalue weighted by Gasteiger charge is -2.11. The molecule has 0 heterocycles. The summed E-state index contributed by atoms with van der Waals surface area (Å²) in [6, 6.07) is 0. The van der Waals surface area contributed by atoms with Gasteiger partial charge in [-0.15, -0.1) is 0 Å². The summed E-state index contributed by atoms with van der Waals surface area (Å²) in [4.78, 5) is 10.5. The van der Waals surface area contributed by atoms with E-state index < -0.39 is 5.97 Å². The van der Waals surface area contributed by atoms with Gasteiger partial charge in [0.25, 0.3) is 0 Å². The minimum atomic E-state index is -1.02. The Balaban J connectivity index is 4.43. The minimum Gasteiger partial charge on any atom is -0.545 e. The van der Waals surface area contributed by atoms with E-state index in [0.717, 1.165) is 31.3 Å². The predicted molar refractivity (Wildman–Crippen MR) is 47.5 cm³/mol. The quantitative estimate of drug-likeness (QED) is 0.587. The van der Waals surface area contributed by atoms with Crippen molar-refractivity contribution in [3.8, 4) is 0 Å². The summed E-state index contributed by atoms with van der Waals surface area (Å²) in [5, 5.41) is 10.5. The number of carbonyl (C=O) groups is 1. The maximum absolute atomic E-state index is 10.5. The summed E-state index contributed by atoms with van der Waals surface area (Å²) in [5.74, 6) is -1.02. The number of carbonyl (C=O) groups excluding carboxylic acids is 1. The molecule has 0 radical (unpaired) electrons. The lowest BCUT2D eigenvalue weighted by atomic mass is 10.0. The molecule has 0 rings (SSSR count). The van der Waals surface area contributed by atoms with E-state index in [9.17, 15) is 9.90 Å².